The van der Waals surface area contributed by atoms with Gasteiger partial charge in [0.25, 0.3) is 0 Å². The minimum Gasteiger partial charge on any atom is -0.481 e. The van der Waals surface area contributed by atoms with Gasteiger partial charge in [0.15, 0.2) is 0 Å². The number of carboxylic acid groups (broad SMARTS) is 2. The van der Waals surface area contributed by atoms with Crippen LogP contribution in [-0.2, 0) is 19.2 Å². The minimum atomic E-state index is -0.998. The van der Waals surface area contributed by atoms with Crippen molar-refractivity contribution in [3.8, 4) is 0 Å². The highest BCUT2D eigenvalue weighted by molar-refractivity contribution is 5.84. The largest absolute Gasteiger partial charge is 0.481 e. The third kappa shape index (κ3) is 21.9. The Morgan fingerprint density at radius 3 is 1.32 bits per heavy atom. The van der Waals surface area contributed by atoms with Crippen molar-refractivity contribution in [2.24, 2.45) is 5.92 Å². The van der Waals surface area contributed by atoms with Crippen LogP contribution in [0.4, 0.5) is 0 Å². The lowest BCUT2D eigenvalue weighted by molar-refractivity contribution is -0.144. The number of aliphatic carboxylic acids is 2. The average Bonchev–Trinajstić information content (AvgIpc) is 2.80. The van der Waals surface area contributed by atoms with Crippen molar-refractivity contribution in [3.05, 3.63) is 0 Å². The molecule has 0 fully saturated rings. The molecule has 0 aromatic rings. The maximum absolute atomic E-state index is 12.1. The summed E-state index contributed by atoms with van der Waals surface area (Å²) in [4.78, 5) is 45.1. The Balaban J connectivity index is 3.43. The van der Waals surface area contributed by atoms with Gasteiger partial charge in [0.1, 0.15) is 5.78 Å². The number of Topliss-reactive ketones (excluding diaryl/α,β-unsaturated/α-hetero) is 1. The van der Waals surface area contributed by atoms with Crippen molar-refractivity contribution in [2.75, 3.05) is 7.05 Å². The van der Waals surface area contributed by atoms with Crippen LogP contribution in [0.15, 0.2) is 0 Å². The zero-order chi connectivity index (χ0) is 25.4. The van der Waals surface area contributed by atoms with Crippen molar-refractivity contribution in [2.45, 2.75) is 135 Å². The van der Waals surface area contributed by atoms with E-state index in [2.05, 4.69) is 5.32 Å². The average molecular weight is 484 g/mol. The fourth-order valence-electron chi connectivity index (χ4n) is 4.19. The molecule has 7 nitrogen and oxygen atoms in total. The summed E-state index contributed by atoms with van der Waals surface area (Å²) in [7, 11) is 1.52. The molecule has 3 N–H and O–H groups in total. The second-order valence-corrected chi connectivity index (χ2v) is 9.54. The number of unbranched alkanes of at least 4 members (excludes halogenated alkanes) is 15. The summed E-state index contributed by atoms with van der Waals surface area (Å²) < 4.78 is 0. The van der Waals surface area contributed by atoms with Crippen LogP contribution in [-0.4, -0.2) is 40.9 Å². The van der Waals surface area contributed by atoms with E-state index < -0.39 is 17.9 Å². The van der Waals surface area contributed by atoms with Gasteiger partial charge in [0.2, 0.25) is 5.91 Å². The second kappa shape index (κ2) is 22.9. The number of hydrogen-bond donors (Lipinski definition) is 3. The lowest BCUT2D eigenvalue weighted by atomic mass is 9.94. The molecule has 0 spiro atoms. The van der Waals surface area contributed by atoms with Crippen LogP contribution >= 0.6 is 0 Å². The molecule has 0 aliphatic carbocycles. The van der Waals surface area contributed by atoms with Crippen LogP contribution in [0.5, 0.6) is 0 Å². The normalized spacial score (nSPS) is 11.8. The first kappa shape index (κ1) is 32.1. The van der Waals surface area contributed by atoms with E-state index in [1.165, 1.54) is 71.3 Å². The van der Waals surface area contributed by atoms with Crippen molar-refractivity contribution in [1.29, 1.82) is 0 Å². The molecule has 0 rings (SSSR count). The van der Waals surface area contributed by atoms with Crippen LogP contribution in [0.3, 0.4) is 0 Å². The molecule has 0 saturated carbocycles. The van der Waals surface area contributed by atoms with E-state index in [0.717, 1.165) is 38.5 Å². The highest BCUT2D eigenvalue weighted by Crippen LogP contribution is 2.17. The molecular formula is C27H49NO6. The van der Waals surface area contributed by atoms with Gasteiger partial charge in [-0.2, -0.15) is 0 Å². The third-order valence-corrected chi connectivity index (χ3v) is 6.42. The van der Waals surface area contributed by atoms with Crippen molar-refractivity contribution >= 4 is 23.6 Å². The molecule has 198 valence electrons. The zero-order valence-corrected chi connectivity index (χ0v) is 21.5. The van der Waals surface area contributed by atoms with E-state index >= 15 is 0 Å². The number of rotatable bonds is 25. The maximum atomic E-state index is 12.1. The number of amides is 1. The number of carbonyl (C=O) groups excluding carboxylic acids is 2. The number of carboxylic acids is 2. The molecule has 0 saturated heterocycles. The van der Waals surface area contributed by atoms with E-state index in [0.29, 0.717) is 12.8 Å². The minimum absolute atomic E-state index is 0.0116. The summed E-state index contributed by atoms with van der Waals surface area (Å²) >= 11 is 0. The Hall–Kier alpha value is -1.92. The van der Waals surface area contributed by atoms with Gasteiger partial charge >= 0.3 is 11.9 Å². The smallest absolute Gasteiger partial charge is 0.306 e. The molecule has 34 heavy (non-hydrogen) atoms. The maximum Gasteiger partial charge on any atom is 0.306 e. The summed E-state index contributed by atoms with van der Waals surface area (Å²) in [6.45, 7) is 0. The van der Waals surface area contributed by atoms with Crippen LogP contribution < -0.4 is 5.32 Å². The lowest BCUT2D eigenvalue weighted by Gasteiger charge is -2.11. The molecule has 0 aromatic heterocycles. The van der Waals surface area contributed by atoms with Crippen molar-refractivity contribution in [1.82, 2.24) is 5.32 Å². The number of ketones is 1. The summed E-state index contributed by atoms with van der Waals surface area (Å²) in [5.41, 5.74) is 0. The summed E-state index contributed by atoms with van der Waals surface area (Å²) in [5, 5.41) is 20.3. The standard InChI is InChI=1S/C27H49NO6/c1-28-25(30)21-20-23(27(33)34)22-24(29)18-16-14-12-10-8-6-4-2-3-5-7-9-11-13-15-17-19-26(31)32/h23H,2-22H2,1H3,(H,28,30)(H,31,32)(H,33,34). The Morgan fingerprint density at radius 2 is 0.971 bits per heavy atom. The predicted octanol–water partition coefficient (Wildman–Crippen LogP) is 6.28. The van der Waals surface area contributed by atoms with Crippen molar-refractivity contribution < 1.29 is 29.4 Å². The van der Waals surface area contributed by atoms with Gasteiger partial charge in [-0.05, 0) is 19.3 Å². The summed E-state index contributed by atoms with van der Waals surface area (Å²) in [6.07, 6.45) is 19.8. The number of carbonyl (C=O) groups is 4. The van der Waals surface area contributed by atoms with E-state index in [-0.39, 0.29) is 31.0 Å². The first-order valence-electron chi connectivity index (χ1n) is 13.5. The highest BCUT2D eigenvalue weighted by atomic mass is 16.4. The van der Waals surface area contributed by atoms with Gasteiger partial charge in [-0.1, -0.05) is 89.9 Å². The molecule has 0 aliphatic heterocycles. The molecule has 0 heterocycles. The van der Waals surface area contributed by atoms with Gasteiger partial charge in [-0.25, -0.2) is 0 Å². The zero-order valence-electron chi connectivity index (χ0n) is 21.5. The second-order valence-electron chi connectivity index (χ2n) is 9.54. The molecule has 0 radical (unpaired) electrons. The summed E-state index contributed by atoms with van der Waals surface area (Å²) in [6, 6.07) is 0. The van der Waals surface area contributed by atoms with E-state index in [1.807, 2.05) is 0 Å². The van der Waals surface area contributed by atoms with Gasteiger partial charge in [-0.3, -0.25) is 19.2 Å². The molecule has 0 aliphatic rings. The van der Waals surface area contributed by atoms with Gasteiger partial charge < -0.3 is 15.5 Å². The number of nitrogens with one attached hydrogen (secondary N) is 1. The number of hydrogen-bond acceptors (Lipinski definition) is 4. The van der Waals surface area contributed by atoms with E-state index in [9.17, 15) is 24.3 Å². The highest BCUT2D eigenvalue weighted by Gasteiger charge is 2.21. The van der Waals surface area contributed by atoms with Crippen LogP contribution in [0.2, 0.25) is 0 Å². The Bertz CT molecular complexity index is 563. The molecule has 1 atom stereocenters. The lowest BCUT2D eigenvalue weighted by Crippen LogP contribution is -2.23. The molecule has 7 heteroatoms. The molecule has 0 aromatic carbocycles. The molecule has 1 amide bonds. The molecule has 0 bridgehead atoms. The van der Waals surface area contributed by atoms with Crippen LogP contribution in [0.25, 0.3) is 0 Å². The predicted molar refractivity (Wildman–Crippen MR) is 135 cm³/mol. The van der Waals surface area contributed by atoms with Gasteiger partial charge in [0.05, 0.1) is 5.92 Å². The van der Waals surface area contributed by atoms with E-state index in [1.54, 1.807) is 0 Å². The first-order chi connectivity index (χ1) is 16.4. The third-order valence-electron chi connectivity index (χ3n) is 6.42. The van der Waals surface area contributed by atoms with E-state index in [4.69, 9.17) is 5.11 Å². The van der Waals surface area contributed by atoms with Gasteiger partial charge in [0, 0.05) is 32.7 Å². The quantitative estimate of drug-likeness (QED) is 0.131. The monoisotopic (exact) mass is 483 g/mol. The Morgan fingerprint density at radius 1 is 0.588 bits per heavy atom. The van der Waals surface area contributed by atoms with Crippen molar-refractivity contribution in [3.63, 3.8) is 0 Å². The fourth-order valence-corrected chi connectivity index (χ4v) is 4.19. The van der Waals surface area contributed by atoms with Crippen LogP contribution in [0, 0.1) is 5.92 Å². The topological polar surface area (TPSA) is 121 Å². The molecular weight excluding hydrogens is 434 g/mol. The van der Waals surface area contributed by atoms with Gasteiger partial charge in [-0.15, -0.1) is 0 Å². The fraction of sp³-hybridized carbons (Fsp3) is 0.852. The Kier molecular flexibility index (Phi) is 21.6. The summed E-state index contributed by atoms with van der Waals surface area (Å²) in [5.74, 6) is -2.66. The SMILES string of the molecule is CNC(=O)CCC(CC(=O)CCCCCCCCCCCCCCCCCCC(=O)O)C(=O)O. The Labute approximate surface area is 206 Å². The molecule has 1 unspecified atom stereocenters. The van der Waals surface area contributed by atoms with Crippen LogP contribution in [0.1, 0.15) is 135 Å². The first-order valence-corrected chi connectivity index (χ1v) is 13.5.